The molecule has 1 aliphatic heterocycles. The number of aliphatic hydroxyl groups is 1. The Morgan fingerprint density at radius 3 is 3.15 bits per heavy atom. The van der Waals surface area contributed by atoms with Gasteiger partial charge in [-0.1, -0.05) is 6.42 Å². The van der Waals surface area contributed by atoms with Crippen LogP contribution in [0.3, 0.4) is 0 Å². The first-order valence-corrected chi connectivity index (χ1v) is 7.25. The number of aromatic nitrogens is 1. The number of carbonyl (C=O) groups excluding carboxylic acids is 1. The van der Waals surface area contributed by atoms with Crippen LogP contribution in [0.5, 0.6) is 0 Å². The van der Waals surface area contributed by atoms with Crippen LogP contribution in [0.1, 0.15) is 41.9 Å². The second-order valence-corrected chi connectivity index (χ2v) is 5.23. The molecule has 0 aromatic carbocycles. The number of carbonyl (C=O) groups is 1. The topological polar surface area (TPSA) is 78.6 Å². The molecule has 1 aliphatic rings. The Kier molecular flexibility index (Phi) is 5.55. The third kappa shape index (κ3) is 3.80. The zero-order valence-electron chi connectivity index (χ0n) is 12.0. The normalized spacial score (nSPS) is 20.0. The lowest BCUT2D eigenvalue weighted by Gasteiger charge is -2.34. The van der Waals surface area contributed by atoms with E-state index < -0.39 is 0 Å². The Labute approximate surface area is 119 Å². The van der Waals surface area contributed by atoms with E-state index in [1.54, 1.807) is 6.92 Å². The summed E-state index contributed by atoms with van der Waals surface area (Å²) >= 11 is 0. The monoisotopic (exact) mass is 281 g/mol. The molecular formula is C14H23N3O3. The largest absolute Gasteiger partial charge is 0.448 e. The molecule has 1 aromatic rings. The third-order valence-corrected chi connectivity index (χ3v) is 3.83. The minimum Gasteiger partial charge on any atom is -0.448 e. The molecule has 2 N–H and O–H groups in total. The maximum atomic E-state index is 11.8. The highest BCUT2D eigenvalue weighted by molar-refractivity contribution is 5.92. The molecule has 1 amide bonds. The van der Waals surface area contributed by atoms with Crippen LogP contribution >= 0.6 is 0 Å². The first kappa shape index (κ1) is 15.0. The van der Waals surface area contributed by atoms with Crippen LogP contribution in [-0.4, -0.2) is 53.2 Å². The predicted molar refractivity (Wildman–Crippen MR) is 74.5 cm³/mol. The number of hydrogen-bond acceptors (Lipinski definition) is 5. The summed E-state index contributed by atoms with van der Waals surface area (Å²) in [6, 6.07) is 0.289. The van der Waals surface area contributed by atoms with Gasteiger partial charge in [-0.05, 0) is 32.7 Å². The van der Waals surface area contributed by atoms with Crippen molar-refractivity contribution in [1.82, 2.24) is 15.2 Å². The second kappa shape index (κ2) is 7.40. The van der Waals surface area contributed by atoms with Crippen molar-refractivity contribution in [1.29, 1.82) is 0 Å². The molecule has 2 rings (SSSR count). The lowest BCUT2D eigenvalue weighted by molar-refractivity contribution is 0.0866. The van der Waals surface area contributed by atoms with Crippen molar-refractivity contribution in [3.63, 3.8) is 0 Å². The molecule has 1 unspecified atom stereocenters. The van der Waals surface area contributed by atoms with Crippen molar-refractivity contribution in [3.05, 3.63) is 17.8 Å². The van der Waals surface area contributed by atoms with Gasteiger partial charge in [-0.3, -0.25) is 9.69 Å². The quantitative estimate of drug-likeness (QED) is 0.759. The molecule has 0 saturated carbocycles. The van der Waals surface area contributed by atoms with Gasteiger partial charge in [0.25, 0.3) is 5.91 Å². The molecule has 112 valence electrons. The molecule has 6 nitrogen and oxygen atoms in total. The predicted octanol–water partition coefficient (Wildman–Crippen LogP) is 0.950. The van der Waals surface area contributed by atoms with Gasteiger partial charge in [-0.2, -0.15) is 0 Å². The fourth-order valence-corrected chi connectivity index (χ4v) is 2.65. The van der Waals surface area contributed by atoms with Gasteiger partial charge in [-0.25, -0.2) is 4.98 Å². The van der Waals surface area contributed by atoms with Gasteiger partial charge < -0.3 is 14.8 Å². The number of oxazole rings is 1. The average molecular weight is 281 g/mol. The molecule has 20 heavy (non-hydrogen) atoms. The highest BCUT2D eigenvalue weighted by Crippen LogP contribution is 2.16. The van der Waals surface area contributed by atoms with E-state index in [2.05, 4.69) is 15.2 Å². The van der Waals surface area contributed by atoms with Gasteiger partial charge in [0.2, 0.25) is 0 Å². The van der Waals surface area contributed by atoms with Crippen molar-refractivity contribution in [2.45, 2.75) is 38.6 Å². The summed E-state index contributed by atoms with van der Waals surface area (Å²) in [4.78, 5) is 18.0. The van der Waals surface area contributed by atoms with E-state index in [1.807, 2.05) is 0 Å². The minimum absolute atomic E-state index is 0.186. The number of aryl methyl sites for hydroxylation is 1. The molecule has 1 aromatic heterocycles. The van der Waals surface area contributed by atoms with Crippen LogP contribution in [0.4, 0.5) is 0 Å². The molecule has 0 spiro atoms. The van der Waals surface area contributed by atoms with Gasteiger partial charge in [0.1, 0.15) is 5.76 Å². The van der Waals surface area contributed by atoms with E-state index in [4.69, 9.17) is 4.42 Å². The standard InChI is InChI=1S/C14H23N3O3/c1-11-13(16-10-20-11)14(19)15-6-4-8-17-7-3-2-5-12(17)9-18/h10,12,18H,2-9H2,1H3,(H,15,19). The molecular weight excluding hydrogens is 258 g/mol. The summed E-state index contributed by atoms with van der Waals surface area (Å²) < 4.78 is 5.01. The molecule has 0 radical (unpaired) electrons. The summed E-state index contributed by atoms with van der Waals surface area (Å²) in [6.07, 6.45) is 5.62. The SMILES string of the molecule is Cc1ocnc1C(=O)NCCCN1CCCCC1CO. The summed E-state index contributed by atoms with van der Waals surface area (Å²) in [5.74, 6) is 0.354. The van der Waals surface area contributed by atoms with E-state index in [0.717, 1.165) is 25.9 Å². The van der Waals surface area contributed by atoms with Crippen molar-refractivity contribution in [2.24, 2.45) is 0 Å². The van der Waals surface area contributed by atoms with E-state index in [9.17, 15) is 9.90 Å². The van der Waals surface area contributed by atoms with Crippen LogP contribution in [0.15, 0.2) is 10.8 Å². The number of piperidine rings is 1. The second-order valence-electron chi connectivity index (χ2n) is 5.23. The number of aliphatic hydroxyl groups excluding tert-OH is 1. The average Bonchev–Trinajstić information content (AvgIpc) is 2.90. The van der Waals surface area contributed by atoms with E-state index >= 15 is 0 Å². The maximum absolute atomic E-state index is 11.8. The molecule has 1 fully saturated rings. The highest BCUT2D eigenvalue weighted by Gasteiger charge is 2.21. The molecule has 1 saturated heterocycles. The molecule has 0 aliphatic carbocycles. The van der Waals surface area contributed by atoms with E-state index in [1.165, 1.54) is 19.2 Å². The number of hydrogen-bond donors (Lipinski definition) is 2. The lowest BCUT2D eigenvalue weighted by Crippen LogP contribution is -2.43. The fourth-order valence-electron chi connectivity index (χ4n) is 2.65. The van der Waals surface area contributed by atoms with Gasteiger partial charge in [0.05, 0.1) is 6.61 Å². The summed E-state index contributed by atoms with van der Waals surface area (Å²) in [6.45, 7) is 4.51. The molecule has 2 heterocycles. The number of nitrogens with zero attached hydrogens (tertiary/aromatic N) is 2. The van der Waals surface area contributed by atoms with Crippen molar-refractivity contribution >= 4 is 5.91 Å². The van der Waals surface area contributed by atoms with Crippen molar-refractivity contribution in [2.75, 3.05) is 26.2 Å². The minimum atomic E-state index is -0.186. The van der Waals surface area contributed by atoms with Crippen LogP contribution in [0.25, 0.3) is 0 Å². The molecule has 1 atom stereocenters. The Bertz CT molecular complexity index is 433. The number of likely N-dealkylation sites (tertiary alicyclic amines) is 1. The van der Waals surface area contributed by atoms with Crippen LogP contribution in [-0.2, 0) is 0 Å². The Morgan fingerprint density at radius 2 is 2.45 bits per heavy atom. The fraction of sp³-hybridized carbons (Fsp3) is 0.714. The third-order valence-electron chi connectivity index (χ3n) is 3.83. The van der Waals surface area contributed by atoms with Gasteiger partial charge in [-0.15, -0.1) is 0 Å². The van der Waals surface area contributed by atoms with E-state index in [-0.39, 0.29) is 18.6 Å². The van der Waals surface area contributed by atoms with Gasteiger partial charge in [0.15, 0.2) is 12.1 Å². The number of rotatable bonds is 6. The van der Waals surface area contributed by atoms with Crippen molar-refractivity contribution in [3.8, 4) is 0 Å². The van der Waals surface area contributed by atoms with Gasteiger partial charge in [0, 0.05) is 19.1 Å². The van der Waals surface area contributed by atoms with Crippen molar-refractivity contribution < 1.29 is 14.3 Å². The van der Waals surface area contributed by atoms with Crippen LogP contribution < -0.4 is 5.32 Å². The number of nitrogens with one attached hydrogen (secondary N) is 1. The smallest absolute Gasteiger partial charge is 0.273 e. The molecule has 6 heteroatoms. The van der Waals surface area contributed by atoms with E-state index in [0.29, 0.717) is 18.0 Å². The zero-order valence-corrected chi connectivity index (χ0v) is 12.0. The first-order chi connectivity index (χ1) is 9.72. The van der Waals surface area contributed by atoms with Crippen LogP contribution in [0.2, 0.25) is 0 Å². The zero-order chi connectivity index (χ0) is 14.4. The Balaban J connectivity index is 1.68. The number of amides is 1. The molecule has 0 bridgehead atoms. The van der Waals surface area contributed by atoms with Gasteiger partial charge >= 0.3 is 0 Å². The first-order valence-electron chi connectivity index (χ1n) is 7.25. The highest BCUT2D eigenvalue weighted by atomic mass is 16.3. The van der Waals surface area contributed by atoms with Crippen LogP contribution in [0, 0.1) is 6.92 Å². The maximum Gasteiger partial charge on any atom is 0.273 e. The summed E-state index contributed by atoms with van der Waals surface area (Å²) in [7, 11) is 0. The summed E-state index contributed by atoms with van der Waals surface area (Å²) in [5.41, 5.74) is 0.358. The Hall–Kier alpha value is -1.40. The Morgan fingerprint density at radius 1 is 1.60 bits per heavy atom. The lowest BCUT2D eigenvalue weighted by atomic mass is 10.0. The summed E-state index contributed by atoms with van der Waals surface area (Å²) in [5, 5.41) is 12.2.